The molecule has 1 unspecified atom stereocenters. The number of hydrogen-bond donors (Lipinski definition) is 1. The Morgan fingerprint density at radius 2 is 1.29 bits per heavy atom. The maximum atomic E-state index is 10.1. The highest BCUT2D eigenvalue weighted by Crippen LogP contribution is 2.13. The molecule has 0 amide bonds. The summed E-state index contributed by atoms with van der Waals surface area (Å²) in [6.45, 7) is 5.42. The standard InChI is InChI=1S/C22H40NO.C8H8O3/c1-4-5-6-7-8-9-10-11-12-16-19-23(2,3)20-21-24-22-17-14-13-15-18-22;9-7(8(10)11)6-4-2-1-3-5-6/h13-15,17-18H,4-12,16,19-21H2,1-3H3;1-5,7,9H,(H,10,11)/q+1;/p-1. The number of aliphatic hydroxyl groups is 1. The van der Waals surface area contributed by atoms with Crippen LogP contribution in [0.25, 0.3) is 0 Å². The molecule has 0 radical (unpaired) electrons. The molecule has 2 rings (SSSR count). The monoisotopic (exact) mass is 485 g/mol. The summed E-state index contributed by atoms with van der Waals surface area (Å²) in [5, 5.41) is 19.1. The molecule has 2 aromatic carbocycles. The lowest BCUT2D eigenvalue weighted by molar-refractivity contribution is -0.890. The van der Waals surface area contributed by atoms with Crippen LogP contribution in [0.3, 0.4) is 0 Å². The van der Waals surface area contributed by atoms with Gasteiger partial charge in [-0.25, -0.2) is 0 Å². The van der Waals surface area contributed by atoms with Crippen LogP contribution in [0.1, 0.15) is 82.8 Å². The molecule has 0 bridgehead atoms. The summed E-state index contributed by atoms with van der Waals surface area (Å²) >= 11 is 0. The van der Waals surface area contributed by atoms with E-state index in [2.05, 4.69) is 21.0 Å². The van der Waals surface area contributed by atoms with Gasteiger partial charge >= 0.3 is 0 Å². The molecular weight excluding hydrogens is 438 g/mol. The van der Waals surface area contributed by atoms with Crippen LogP contribution in [-0.4, -0.2) is 49.4 Å². The number of benzene rings is 2. The van der Waals surface area contributed by atoms with Gasteiger partial charge < -0.3 is 24.2 Å². The maximum absolute atomic E-state index is 10.1. The van der Waals surface area contributed by atoms with Gasteiger partial charge in [-0.05, 0) is 30.5 Å². The van der Waals surface area contributed by atoms with Crippen LogP contribution >= 0.6 is 0 Å². The first-order chi connectivity index (χ1) is 16.9. The van der Waals surface area contributed by atoms with Crippen LogP contribution < -0.4 is 9.84 Å². The van der Waals surface area contributed by atoms with Crippen molar-refractivity contribution >= 4 is 5.97 Å². The van der Waals surface area contributed by atoms with Gasteiger partial charge in [-0.15, -0.1) is 0 Å². The van der Waals surface area contributed by atoms with Gasteiger partial charge in [0.15, 0.2) is 0 Å². The predicted octanol–water partition coefficient (Wildman–Crippen LogP) is 5.53. The Labute approximate surface area is 213 Å². The molecule has 5 nitrogen and oxygen atoms in total. The van der Waals surface area contributed by atoms with E-state index in [4.69, 9.17) is 9.84 Å². The maximum Gasteiger partial charge on any atom is 0.137 e. The highest BCUT2D eigenvalue weighted by molar-refractivity contribution is 5.71. The highest BCUT2D eigenvalue weighted by Gasteiger charge is 2.14. The summed E-state index contributed by atoms with van der Waals surface area (Å²) in [4.78, 5) is 10.1. The third-order valence-electron chi connectivity index (χ3n) is 6.16. The number of rotatable bonds is 17. The van der Waals surface area contributed by atoms with Crippen molar-refractivity contribution in [3.05, 3.63) is 66.2 Å². The first-order valence-corrected chi connectivity index (χ1v) is 13.3. The fourth-order valence-electron chi connectivity index (χ4n) is 3.84. The number of quaternary nitrogens is 1. The van der Waals surface area contributed by atoms with Gasteiger partial charge in [0.2, 0.25) is 0 Å². The van der Waals surface area contributed by atoms with Gasteiger partial charge in [-0.2, -0.15) is 0 Å². The second-order valence-electron chi connectivity index (χ2n) is 9.86. The van der Waals surface area contributed by atoms with E-state index >= 15 is 0 Å². The molecule has 0 aliphatic heterocycles. The molecule has 5 heteroatoms. The minimum absolute atomic E-state index is 0.340. The zero-order chi connectivity index (χ0) is 25.8. The molecule has 0 heterocycles. The summed E-state index contributed by atoms with van der Waals surface area (Å²) in [6.07, 6.45) is 12.6. The van der Waals surface area contributed by atoms with Gasteiger partial charge in [0, 0.05) is 0 Å². The predicted molar refractivity (Wildman–Crippen MR) is 142 cm³/mol. The zero-order valence-corrected chi connectivity index (χ0v) is 22.2. The van der Waals surface area contributed by atoms with Crippen molar-refractivity contribution < 1.29 is 24.2 Å². The fraction of sp³-hybridized carbons (Fsp3) is 0.567. The van der Waals surface area contributed by atoms with Crippen molar-refractivity contribution in [2.75, 3.05) is 33.8 Å². The van der Waals surface area contributed by atoms with Crippen molar-refractivity contribution in [2.24, 2.45) is 0 Å². The molecule has 196 valence electrons. The summed E-state index contributed by atoms with van der Waals surface area (Å²) in [6, 6.07) is 18.2. The van der Waals surface area contributed by atoms with Crippen molar-refractivity contribution in [1.29, 1.82) is 0 Å². The summed E-state index contributed by atoms with van der Waals surface area (Å²) < 4.78 is 6.89. The minimum Gasteiger partial charge on any atom is -0.547 e. The number of ether oxygens (including phenoxy) is 1. The van der Waals surface area contributed by atoms with Gasteiger partial charge in [-0.3, -0.25) is 0 Å². The average molecular weight is 486 g/mol. The van der Waals surface area contributed by atoms with Crippen molar-refractivity contribution in [3.63, 3.8) is 0 Å². The molecule has 0 aliphatic rings. The van der Waals surface area contributed by atoms with E-state index in [1.807, 2.05) is 30.3 Å². The van der Waals surface area contributed by atoms with Gasteiger partial charge in [0.1, 0.15) is 25.0 Å². The Kier molecular flexibility index (Phi) is 16.6. The number of carboxylic acid groups (broad SMARTS) is 1. The molecule has 0 fully saturated rings. The number of aliphatic hydroxyl groups excluding tert-OH is 1. The normalized spacial score (nSPS) is 11.9. The smallest absolute Gasteiger partial charge is 0.137 e. The topological polar surface area (TPSA) is 69.6 Å². The van der Waals surface area contributed by atoms with Crippen molar-refractivity contribution in [2.45, 2.75) is 77.2 Å². The number of aliphatic carboxylic acids is 1. The SMILES string of the molecule is CCCCCCCCCCCC[N+](C)(C)CCOc1ccccc1.O=C([O-])C(O)c1ccccc1. The van der Waals surface area contributed by atoms with Crippen LogP contribution in [0.4, 0.5) is 0 Å². The second-order valence-corrected chi connectivity index (χ2v) is 9.86. The van der Waals surface area contributed by atoms with Crippen LogP contribution in [-0.2, 0) is 4.79 Å². The molecule has 0 saturated heterocycles. The van der Waals surface area contributed by atoms with Crippen molar-refractivity contribution in [3.8, 4) is 5.75 Å². The number of carbonyl (C=O) groups excluding carboxylic acids is 1. The summed E-state index contributed by atoms with van der Waals surface area (Å²) in [7, 11) is 4.64. The van der Waals surface area contributed by atoms with E-state index in [9.17, 15) is 9.90 Å². The summed E-state index contributed by atoms with van der Waals surface area (Å²) in [5.74, 6) is -0.493. The van der Waals surface area contributed by atoms with Gasteiger partial charge in [0.25, 0.3) is 0 Å². The quantitative estimate of drug-likeness (QED) is 0.236. The average Bonchev–Trinajstić information content (AvgIpc) is 2.86. The Balaban J connectivity index is 0.000000462. The molecule has 1 atom stereocenters. The zero-order valence-electron chi connectivity index (χ0n) is 22.2. The Morgan fingerprint density at radius 1 is 0.800 bits per heavy atom. The third-order valence-corrected chi connectivity index (χ3v) is 6.16. The molecule has 0 saturated carbocycles. The lowest BCUT2D eigenvalue weighted by atomic mass is 10.1. The van der Waals surface area contributed by atoms with E-state index in [0.717, 1.165) is 23.4 Å². The minimum atomic E-state index is -1.52. The molecule has 0 aromatic heterocycles. The van der Waals surface area contributed by atoms with Crippen LogP contribution in [0.5, 0.6) is 5.75 Å². The van der Waals surface area contributed by atoms with E-state index < -0.39 is 12.1 Å². The first kappa shape index (κ1) is 30.7. The van der Waals surface area contributed by atoms with E-state index in [1.54, 1.807) is 18.2 Å². The first-order valence-electron chi connectivity index (χ1n) is 13.3. The number of carboxylic acids is 1. The number of hydrogen-bond acceptors (Lipinski definition) is 4. The Morgan fingerprint density at radius 3 is 1.80 bits per heavy atom. The second kappa shape index (κ2) is 18.9. The number of unbranched alkanes of at least 4 members (excludes halogenated alkanes) is 9. The largest absolute Gasteiger partial charge is 0.547 e. The molecule has 1 N–H and O–H groups in total. The van der Waals surface area contributed by atoms with Crippen LogP contribution in [0.2, 0.25) is 0 Å². The number of nitrogens with zero attached hydrogens (tertiary/aromatic N) is 1. The van der Waals surface area contributed by atoms with Gasteiger partial charge in [-0.1, -0.05) is 107 Å². The van der Waals surface area contributed by atoms with E-state index in [1.165, 1.54) is 82.9 Å². The lowest BCUT2D eigenvalue weighted by Gasteiger charge is -2.29. The van der Waals surface area contributed by atoms with Gasteiger partial charge in [0.05, 0.1) is 26.6 Å². The molecule has 0 spiro atoms. The molecule has 0 aliphatic carbocycles. The number of likely N-dealkylation sites (N-methyl/N-ethyl adjacent to an activating group) is 1. The third kappa shape index (κ3) is 16.0. The molecule has 2 aromatic rings. The Bertz CT molecular complexity index is 764. The van der Waals surface area contributed by atoms with Crippen LogP contribution in [0, 0.1) is 0 Å². The fourth-order valence-corrected chi connectivity index (χ4v) is 3.84. The number of carbonyl (C=O) groups is 1. The van der Waals surface area contributed by atoms with E-state index in [-0.39, 0.29) is 0 Å². The van der Waals surface area contributed by atoms with Crippen molar-refractivity contribution in [1.82, 2.24) is 0 Å². The lowest BCUT2D eigenvalue weighted by Crippen LogP contribution is -2.43. The summed E-state index contributed by atoms with van der Waals surface area (Å²) in [5.41, 5.74) is 0.340. The Hall–Kier alpha value is -2.37. The molecular formula is C30H47NO4. The molecule has 35 heavy (non-hydrogen) atoms. The highest BCUT2D eigenvalue weighted by atomic mass is 16.5. The van der Waals surface area contributed by atoms with E-state index in [0.29, 0.717) is 5.56 Å². The number of para-hydroxylation sites is 1. The van der Waals surface area contributed by atoms with Crippen LogP contribution in [0.15, 0.2) is 60.7 Å².